The molecule has 1 aromatic heterocycles. The van der Waals surface area contributed by atoms with Crippen LogP contribution < -0.4 is 5.32 Å². The van der Waals surface area contributed by atoms with Crippen LogP contribution >= 0.6 is 34.4 Å². The zero-order valence-corrected chi connectivity index (χ0v) is 18.5. The minimum absolute atomic E-state index is 0.0140. The highest BCUT2D eigenvalue weighted by Gasteiger charge is 2.16. The molecule has 0 spiro atoms. The number of carbonyl (C=O) groups is 2. The number of rotatable bonds is 8. The SMILES string of the molecule is CC(=O)NCCc1nnc(SCC(=O)c2ccc(I)cc2)n1-c1ccc(F)cc1. The standard InChI is InChI=1S/C20H18FIN4O2S/c1-13(27)23-11-10-19-24-25-20(26(19)17-8-4-15(21)5-9-17)29-12-18(28)14-2-6-16(22)7-3-14/h2-9H,10-12H2,1H3,(H,23,27). The van der Waals surface area contributed by atoms with Crippen molar-refractivity contribution >= 4 is 46.0 Å². The van der Waals surface area contributed by atoms with Crippen molar-refractivity contribution in [1.29, 1.82) is 0 Å². The summed E-state index contributed by atoms with van der Waals surface area (Å²) in [6.07, 6.45) is 0.454. The summed E-state index contributed by atoms with van der Waals surface area (Å²) in [5, 5.41) is 11.7. The molecule has 0 atom stereocenters. The van der Waals surface area contributed by atoms with E-state index >= 15 is 0 Å². The van der Waals surface area contributed by atoms with Crippen molar-refractivity contribution in [3.63, 3.8) is 0 Å². The van der Waals surface area contributed by atoms with Gasteiger partial charge >= 0.3 is 0 Å². The predicted molar refractivity (Wildman–Crippen MR) is 118 cm³/mol. The Hall–Kier alpha value is -2.27. The van der Waals surface area contributed by atoms with E-state index in [9.17, 15) is 14.0 Å². The van der Waals surface area contributed by atoms with Gasteiger partial charge in [0, 0.05) is 34.7 Å². The summed E-state index contributed by atoms with van der Waals surface area (Å²) in [7, 11) is 0. The summed E-state index contributed by atoms with van der Waals surface area (Å²) < 4.78 is 16.2. The van der Waals surface area contributed by atoms with Crippen LogP contribution in [0.4, 0.5) is 4.39 Å². The maximum absolute atomic E-state index is 13.4. The third kappa shape index (κ3) is 5.86. The van der Waals surface area contributed by atoms with E-state index < -0.39 is 0 Å². The Kier molecular flexibility index (Phi) is 7.37. The molecule has 0 saturated heterocycles. The molecule has 0 fully saturated rings. The number of hydrogen-bond donors (Lipinski definition) is 1. The summed E-state index contributed by atoms with van der Waals surface area (Å²) in [4.78, 5) is 23.6. The molecule has 0 saturated carbocycles. The van der Waals surface area contributed by atoms with E-state index in [1.54, 1.807) is 28.8 Å². The van der Waals surface area contributed by atoms with Crippen LogP contribution in [0.3, 0.4) is 0 Å². The van der Waals surface area contributed by atoms with E-state index in [-0.39, 0.29) is 23.3 Å². The van der Waals surface area contributed by atoms with Gasteiger partial charge in [-0.1, -0.05) is 23.9 Å². The number of carbonyl (C=O) groups excluding carboxylic acids is 2. The third-order valence-electron chi connectivity index (χ3n) is 4.01. The number of nitrogens with zero attached hydrogens (tertiary/aromatic N) is 3. The molecule has 29 heavy (non-hydrogen) atoms. The van der Waals surface area contributed by atoms with Crippen molar-refractivity contribution in [2.24, 2.45) is 0 Å². The molecule has 0 bridgehead atoms. The number of benzene rings is 2. The Labute approximate surface area is 185 Å². The maximum Gasteiger partial charge on any atom is 0.216 e. The lowest BCUT2D eigenvalue weighted by atomic mass is 10.2. The van der Waals surface area contributed by atoms with E-state index in [0.29, 0.717) is 35.2 Å². The first-order chi connectivity index (χ1) is 13.9. The van der Waals surface area contributed by atoms with Gasteiger partial charge in [-0.05, 0) is 59.0 Å². The fourth-order valence-corrected chi connectivity index (χ4v) is 3.83. The van der Waals surface area contributed by atoms with Crippen LogP contribution in [0.2, 0.25) is 0 Å². The Morgan fingerprint density at radius 2 is 1.79 bits per heavy atom. The van der Waals surface area contributed by atoms with Gasteiger partial charge in [0.1, 0.15) is 11.6 Å². The Balaban J connectivity index is 1.80. The molecule has 1 heterocycles. The molecule has 0 radical (unpaired) electrons. The Morgan fingerprint density at radius 1 is 1.10 bits per heavy atom. The highest BCUT2D eigenvalue weighted by molar-refractivity contribution is 14.1. The monoisotopic (exact) mass is 524 g/mol. The topological polar surface area (TPSA) is 76.9 Å². The molecular formula is C20H18FIN4O2S. The van der Waals surface area contributed by atoms with Crippen molar-refractivity contribution in [3.8, 4) is 5.69 Å². The van der Waals surface area contributed by atoms with Gasteiger partial charge in [-0.15, -0.1) is 10.2 Å². The number of nitrogens with one attached hydrogen (secondary N) is 1. The maximum atomic E-state index is 13.4. The second-order valence-electron chi connectivity index (χ2n) is 6.16. The van der Waals surface area contributed by atoms with E-state index in [2.05, 4.69) is 38.1 Å². The number of ketones is 1. The molecule has 0 unspecified atom stereocenters. The third-order valence-corrected chi connectivity index (χ3v) is 5.65. The summed E-state index contributed by atoms with van der Waals surface area (Å²) >= 11 is 3.46. The minimum Gasteiger partial charge on any atom is -0.356 e. The fourth-order valence-electron chi connectivity index (χ4n) is 2.60. The number of thioether (sulfide) groups is 1. The first kappa shape index (κ1) is 21.4. The summed E-state index contributed by atoms with van der Waals surface area (Å²) in [5.74, 6) is 0.334. The summed E-state index contributed by atoms with van der Waals surface area (Å²) in [6, 6.07) is 13.4. The van der Waals surface area contributed by atoms with Gasteiger partial charge in [0.15, 0.2) is 10.9 Å². The fraction of sp³-hybridized carbons (Fsp3) is 0.200. The molecule has 9 heteroatoms. The minimum atomic E-state index is -0.343. The highest BCUT2D eigenvalue weighted by Crippen LogP contribution is 2.23. The largest absolute Gasteiger partial charge is 0.356 e. The molecule has 0 aliphatic carbocycles. The Bertz CT molecular complexity index is 1010. The molecule has 6 nitrogen and oxygen atoms in total. The van der Waals surface area contributed by atoms with Crippen molar-refractivity contribution in [1.82, 2.24) is 20.1 Å². The van der Waals surface area contributed by atoms with Gasteiger partial charge in [0.2, 0.25) is 5.91 Å². The number of aromatic nitrogens is 3. The number of amides is 1. The quantitative estimate of drug-likeness (QED) is 0.277. The van der Waals surface area contributed by atoms with Gasteiger partial charge in [-0.25, -0.2) is 4.39 Å². The van der Waals surface area contributed by atoms with Gasteiger partial charge < -0.3 is 5.32 Å². The van der Waals surface area contributed by atoms with Crippen LogP contribution in [0.1, 0.15) is 23.1 Å². The lowest BCUT2D eigenvalue weighted by Crippen LogP contribution is -2.23. The lowest BCUT2D eigenvalue weighted by Gasteiger charge is -2.10. The van der Waals surface area contributed by atoms with E-state index in [1.165, 1.54) is 30.8 Å². The van der Waals surface area contributed by atoms with Crippen LogP contribution in [0, 0.1) is 9.39 Å². The zero-order valence-electron chi connectivity index (χ0n) is 15.6. The lowest BCUT2D eigenvalue weighted by molar-refractivity contribution is -0.118. The van der Waals surface area contributed by atoms with Crippen LogP contribution in [-0.2, 0) is 11.2 Å². The smallest absolute Gasteiger partial charge is 0.216 e. The zero-order chi connectivity index (χ0) is 20.8. The van der Waals surface area contributed by atoms with E-state index in [1.807, 2.05) is 12.1 Å². The number of hydrogen-bond acceptors (Lipinski definition) is 5. The normalized spacial score (nSPS) is 10.7. The molecular weight excluding hydrogens is 506 g/mol. The van der Waals surface area contributed by atoms with Gasteiger partial charge in [-0.3, -0.25) is 14.2 Å². The summed E-state index contributed by atoms with van der Waals surface area (Å²) in [5.41, 5.74) is 1.33. The molecule has 3 aromatic rings. The van der Waals surface area contributed by atoms with Crippen molar-refractivity contribution in [2.75, 3.05) is 12.3 Å². The van der Waals surface area contributed by atoms with Crippen LogP contribution in [0.5, 0.6) is 0 Å². The van der Waals surface area contributed by atoms with Crippen molar-refractivity contribution < 1.29 is 14.0 Å². The molecule has 150 valence electrons. The average molecular weight is 524 g/mol. The molecule has 2 aromatic carbocycles. The number of Topliss-reactive ketones (excluding diaryl/α,β-unsaturated/α-hetero) is 1. The molecule has 1 amide bonds. The van der Waals surface area contributed by atoms with Crippen molar-refractivity contribution in [3.05, 3.63) is 69.3 Å². The van der Waals surface area contributed by atoms with Crippen LogP contribution in [0.25, 0.3) is 5.69 Å². The van der Waals surface area contributed by atoms with Gasteiger partial charge in [0.25, 0.3) is 0 Å². The van der Waals surface area contributed by atoms with Crippen LogP contribution in [-0.4, -0.2) is 38.8 Å². The summed E-state index contributed by atoms with van der Waals surface area (Å²) in [6.45, 7) is 1.85. The average Bonchev–Trinajstić information content (AvgIpc) is 3.10. The van der Waals surface area contributed by atoms with Crippen molar-refractivity contribution in [2.45, 2.75) is 18.5 Å². The first-order valence-corrected chi connectivity index (χ1v) is 10.9. The van der Waals surface area contributed by atoms with Gasteiger partial charge in [0.05, 0.1) is 5.75 Å². The van der Waals surface area contributed by atoms with E-state index in [0.717, 1.165) is 3.57 Å². The van der Waals surface area contributed by atoms with E-state index in [4.69, 9.17) is 0 Å². The molecule has 0 aliphatic rings. The number of halogens is 2. The van der Waals surface area contributed by atoms with Crippen LogP contribution in [0.15, 0.2) is 53.7 Å². The first-order valence-electron chi connectivity index (χ1n) is 8.80. The predicted octanol–water partition coefficient (Wildman–Crippen LogP) is 3.66. The highest BCUT2D eigenvalue weighted by atomic mass is 127. The molecule has 1 N–H and O–H groups in total. The Morgan fingerprint density at radius 3 is 2.45 bits per heavy atom. The second kappa shape index (κ2) is 9.97. The molecule has 0 aliphatic heterocycles. The van der Waals surface area contributed by atoms with Gasteiger partial charge in [-0.2, -0.15) is 0 Å². The molecule has 3 rings (SSSR count). The second-order valence-corrected chi connectivity index (χ2v) is 8.35.